The third kappa shape index (κ3) is 2.52. The summed E-state index contributed by atoms with van der Waals surface area (Å²) in [6, 6.07) is 17.0. The minimum absolute atomic E-state index is 0.275. The molecule has 0 unspecified atom stereocenters. The summed E-state index contributed by atoms with van der Waals surface area (Å²) in [4.78, 5) is 11.0. The molecular weight excluding hydrogens is 314 g/mol. The Labute approximate surface area is 144 Å². The van der Waals surface area contributed by atoms with Crippen LogP contribution in [0.5, 0.6) is 0 Å². The molecule has 4 aromatic rings. The van der Waals surface area contributed by atoms with Gasteiger partial charge in [0.1, 0.15) is 5.58 Å². The Morgan fingerprint density at radius 3 is 2.40 bits per heavy atom. The van der Waals surface area contributed by atoms with Gasteiger partial charge < -0.3 is 9.52 Å². The fourth-order valence-corrected chi connectivity index (χ4v) is 3.09. The number of hydrogen-bond acceptors (Lipinski definition) is 2. The van der Waals surface area contributed by atoms with E-state index in [0.717, 1.165) is 33.7 Å². The number of aromatic carboxylic acids is 1. The molecule has 2 aromatic carbocycles. The van der Waals surface area contributed by atoms with Crippen molar-refractivity contribution in [3.63, 3.8) is 0 Å². The second-order valence-electron chi connectivity index (χ2n) is 6.17. The minimum Gasteiger partial charge on any atom is -0.478 e. The van der Waals surface area contributed by atoms with Gasteiger partial charge in [-0.15, -0.1) is 0 Å². The highest BCUT2D eigenvalue weighted by atomic mass is 16.4. The molecule has 0 saturated carbocycles. The van der Waals surface area contributed by atoms with Gasteiger partial charge in [0.2, 0.25) is 5.88 Å². The van der Waals surface area contributed by atoms with E-state index in [1.165, 1.54) is 5.56 Å². The van der Waals surface area contributed by atoms with Crippen LogP contribution >= 0.6 is 0 Å². The fraction of sp³-hybridized carbons (Fsp3) is 0.0952. The van der Waals surface area contributed by atoms with Crippen molar-refractivity contribution in [2.45, 2.75) is 13.8 Å². The van der Waals surface area contributed by atoms with Crippen molar-refractivity contribution in [3.05, 3.63) is 77.5 Å². The fourth-order valence-electron chi connectivity index (χ4n) is 3.09. The van der Waals surface area contributed by atoms with Crippen molar-refractivity contribution in [1.82, 2.24) is 4.57 Å². The van der Waals surface area contributed by atoms with Gasteiger partial charge in [0.25, 0.3) is 0 Å². The summed E-state index contributed by atoms with van der Waals surface area (Å²) in [5.41, 5.74) is 5.34. The second-order valence-corrected chi connectivity index (χ2v) is 6.17. The van der Waals surface area contributed by atoms with Crippen LogP contribution in [0.2, 0.25) is 0 Å². The predicted molar refractivity (Wildman–Crippen MR) is 97.4 cm³/mol. The summed E-state index contributed by atoms with van der Waals surface area (Å²) in [6.45, 7) is 4.11. The third-order valence-corrected chi connectivity index (χ3v) is 4.50. The summed E-state index contributed by atoms with van der Waals surface area (Å²) in [5.74, 6) is -0.181. The van der Waals surface area contributed by atoms with Crippen LogP contribution in [-0.4, -0.2) is 15.6 Å². The van der Waals surface area contributed by atoms with E-state index in [2.05, 4.69) is 19.1 Å². The lowest BCUT2D eigenvalue weighted by Crippen LogP contribution is -1.96. The quantitative estimate of drug-likeness (QED) is 0.561. The average molecular weight is 331 g/mol. The first-order chi connectivity index (χ1) is 12.0. The minimum atomic E-state index is -0.926. The van der Waals surface area contributed by atoms with Crippen LogP contribution in [0.15, 0.2) is 65.2 Å². The molecule has 2 heterocycles. The first kappa shape index (κ1) is 15.3. The number of fused-ring (bicyclic) bond motifs is 1. The Kier molecular flexibility index (Phi) is 3.46. The maximum atomic E-state index is 11.0. The van der Waals surface area contributed by atoms with E-state index in [1.807, 2.05) is 48.0 Å². The first-order valence-corrected chi connectivity index (χ1v) is 8.06. The molecule has 0 aliphatic heterocycles. The van der Waals surface area contributed by atoms with Crippen LogP contribution in [0.4, 0.5) is 0 Å². The molecule has 0 spiro atoms. The van der Waals surface area contributed by atoms with E-state index in [4.69, 9.17) is 9.52 Å². The van der Waals surface area contributed by atoms with Crippen molar-refractivity contribution in [2.75, 3.05) is 0 Å². The SMILES string of the molecule is Cc1ccc(C)c2oc(-n3cccc3-c3ccc(C(=O)O)cc3)cc12. The molecule has 0 amide bonds. The summed E-state index contributed by atoms with van der Waals surface area (Å²) in [6.07, 6.45) is 1.95. The van der Waals surface area contributed by atoms with Crippen LogP contribution in [-0.2, 0) is 0 Å². The maximum absolute atomic E-state index is 11.0. The highest BCUT2D eigenvalue weighted by molar-refractivity contribution is 5.88. The lowest BCUT2D eigenvalue weighted by molar-refractivity contribution is 0.0697. The van der Waals surface area contributed by atoms with Crippen LogP contribution in [0, 0.1) is 13.8 Å². The van der Waals surface area contributed by atoms with E-state index >= 15 is 0 Å². The Balaban J connectivity index is 1.83. The molecular formula is C21H17NO3. The lowest BCUT2D eigenvalue weighted by atomic mass is 10.1. The maximum Gasteiger partial charge on any atom is 0.335 e. The van der Waals surface area contributed by atoms with Crippen LogP contribution in [0.1, 0.15) is 21.5 Å². The van der Waals surface area contributed by atoms with Crippen molar-refractivity contribution in [2.24, 2.45) is 0 Å². The second kappa shape index (κ2) is 5.67. The standard InChI is InChI=1S/C21H17NO3/c1-13-5-6-14(2)20-17(13)12-19(25-20)22-11-3-4-18(22)15-7-9-16(10-8-15)21(23)24/h3-12H,1-2H3,(H,23,24). The number of carboxylic acids is 1. The molecule has 0 radical (unpaired) electrons. The molecule has 0 bridgehead atoms. The summed E-state index contributed by atoms with van der Waals surface area (Å²) in [5, 5.41) is 10.2. The van der Waals surface area contributed by atoms with Gasteiger partial charge in [-0.1, -0.05) is 24.3 Å². The normalized spacial score (nSPS) is 11.1. The number of benzene rings is 2. The van der Waals surface area contributed by atoms with Crippen molar-refractivity contribution in [3.8, 4) is 17.1 Å². The molecule has 4 nitrogen and oxygen atoms in total. The number of aromatic nitrogens is 1. The molecule has 0 aliphatic rings. The molecule has 0 atom stereocenters. The topological polar surface area (TPSA) is 55.4 Å². The Bertz CT molecular complexity index is 1050. The summed E-state index contributed by atoms with van der Waals surface area (Å²) >= 11 is 0. The van der Waals surface area contributed by atoms with Gasteiger partial charge >= 0.3 is 5.97 Å². The van der Waals surface area contributed by atoms with E-state index in [9.17, 15) is 4.79 Å². The summed E-state index contributed by atoms with van der Waals surface area (Å²) < 4.78 is 8.10. The van der Waals surface area contributed by atoms with Gasteiger partial charge in [0.15, 0.2) is 0 Å². The predicted octanol–water partition coefficient (Wildman–Crippen LogP) is 5.21. The zero-order valence-electron chi connectivity index (χ0n) is 14.0. The smallest absolute Gasteiger partial charge is 0.335 e. The number of carboxylic acid groups (broad SMARTS) is 1. The van der Waals surface area contributed by atoms with E-state index in [-0.39, 0.29) is 5.56 Å². The number of rotatable bonds is 3. The van der Waals surface area contributed by atoms with Crippen LogP contribution in [0.3, 0.4) is 0 Å². The van der Waals surface area contributed by atoms with Crippen molar-refractivity contribution in [1.29, 1.82) is 0 Å². The molecule has 0 aliphatic carbocycles. The van der Waals surface area contributed by atoms with E-state index < -0.39 is 5.97 Å². The average Bonchev–Trinajstić information content (AvgIpc) is 3.25. The molecule has 4 heteroatoms. The van der Waals surface area contributed by atoms with Crippen LogP contribution in [0.25, 0.3) is 28.1 Å². The van der Waals surface area contributed by atoms with E-state index in [0.29, 0.717) is 0 Å². The molecule has 25 heavy (non-hydrogen) atoms. The van der Waals surface area contributed by atoms with Gasteiger partial charge in [-0.05, 0) is 54.8 Å². The van der Waals surface area contributed by atoms with Crippen molar-refractivity contribution < 1.29 is 14.3 Å². The number of aryl methyl sites for hydroxylation is 2. The van der Waals surface area contributed by atoms with E-state index in [1.54, 1.807) is 12.1 Å². The van der Waals surface area contributed by atoms with Crippen LogP contribution < -0.4 is 0 Å². The van der Waals surface area contributed by atoms with Crippen molar-refractivity contribution >= 4 is 16.9 Å². The monoisotopic (exact) mass is 331 g/mol. The highest BCUT2D eigenvalue weighted by Crippen LogP contribution is 2.31. The van der Waals surface area contributed by atoms with Gasteiger partial charge in [-0.3, -0.25) is 4.57 Å². The summed E-state index contributed by atoms with van der Waals surface area (Å²) in [7, 11) is 0. The Morgan fingerprint density at radius 1 is 1.00 bits per heavy atom. The zero-order chi connectivity index (χ0) is 17.6. The first-order valence-electron chi connectivity index (χ1n) is 8.06. The van der Waals surface area contributed by atoms with Gasteiger partial charge in [0, 0.05) is 17.6 Å². The Hall–Kier alpha value is -3.27. The molecule has 1 N–H and O–H groups in total. The number of furan rings is 1. The van der Waals surface area contributed by atoms with Gasteiger partial charge in [-0.2, -0.15) is 0 Å². The molecule has 0 saturated heterocycles. The highest BCUT2D eigenvalue weighted by Gasteiger charge is 2.13. The molecule has 124 valence electrons. The third-order valence-electron chi connectivity index (χ3n) is 4.50. The van der Waals surface area contributed by atoms with Gasteiger partial charge in [0.05, 0.1) is 11.3 Å². The number of hydrogen-bond donors (Lipinski definition) is 1. The molecule has 4 rings (SSSR count). The van der Waals surface area contributed by atoms with Gasteiger partial charge in [-0.25, -0.2) is 4.79 Å². The Morgan fingerprint density at radius 2 is 1.72 bits per heavy atom. The largest absolute Gasteiger partial charge is 0.478 e. The molecule has 0 fully saturated rings. The zero-order valence-corrected chi connectivity index (χ0v) is 14.0. The lowest BCUT2D eigenvalue weighted by Gasteiger charge is -2.06. The number of carbonyl (C=O) groups is 1. The number of nitrogens with zero attached hydrogens (tertiary/aromatic N) is 1. The molecule has 2 aromatic heterocycles.